The first-order valence-electron chi connectivity index (χ1n) is 5.54. The summed E-state index contributed by atoms with van der Waals surface area (Å²) in [4.78, 5) is 11.6. The van der Waals surface area contributed by atoms with Crippen LogP contribution in [0.15, 0.2) is 45.7 Å². The Morgan fingerprint density at radius 1 is 1.39 bits per heavy atom. The number of halogens is 1. The Labute approximate surface area is 113 Å². The smallest absolute Gasteiger partial charge is 0.266 e. The lowest BCUT2D eigenvalue weighted by atomic mass is 10.1. The van der Waals surface area contributed by atoms with Crippen LogP contribution in [-0.4, -0.2) is 14.9 Å². The standard InChI is InChI=1S/C13H13BrN2O2/c1-9-5-6-13(18)16(15-9)8-12(17)10-3-2-4-11(14)7-10/h2-7,12,17H,8H2,1H3. The predicted molar refractivity (Wildman–Crippen MR) is 72.3 cm³/mol. The molecule has 1 aromatic carbocycles. The number of hydrogen-bond acceptors (Lipinski definition) is 3. The van der Waals surface area contributed by atoms with Crippen LogP contribution in [0.1, 0.15) is 17.4 Å². The van der Waals surface area contributed by atoms with Crippen LogP contribution < -0.4 is 5.56 Å². The van der Waals surface area contributed by atoms with Crippen LogP contribution in [0.5, 0.6) is 0 Å². The number of benzene rings is 1. The van der Waals surface area contributed by atoms with Gasteiger partial charge in [0.05, 0.1) is 18.3 Å². The molecule has 4 nitrogen and oxygen atoms in total. The summed E-state index contributed by atoms with van der Waals surface area (Å²) in [5.74, 6) is 0. The number of aliphatic hydroxyl groups excluding tert-OH is 1. The molecule has 5 heteroatoms. The molecule has 2 aromatic rings. The highest BCUT2D eigenvalue weighted by molar-refractivity contribution is 9.10. The van der Waals surface area contributed by atoms with E-state index < -0.39 is 6.10 Å². The number of aryl methyl sites for hydroxylation is 1. The Kier molecular flexibility index (Phi) is 3.93. The van der Waals surface area contributed by atoms with E-state index in [9.17, 15) is 9.90 Å². The second-order valence-corrected chi connectivity index (χ2v) is 4.98. The molecule has 0 aliphatic rings. The normalized spacial score (nSPS) is 12.4. The second-order valence-electron chi connectivity index (χ2n) is 4.07. The van der Waals surface area contributed by atoms with Crippen molar-refractivity contribution in [1.29, 1.82) is 0 Å². The molecule has 0 fully saturated rings. The monoisotopic (exact) mass is 308 g/mol. The van der Waals surface area contributed by atoms with Crippen molar-refractivity contribution >= 4 is 15.9 Å². The largest absolute Gasteiger partial charge is 0.386 e. The van der Waals surface area contributed by atoms with Crippen molar-refractivity contribution in [2.24, 2.45) is 0 Å². The summed E-state index contributed by atoms with van der Waals surface area (Å²) in [6.07, 6.45) is -0.755. The van der Waals surface area contributed by atoms with Gasteiger partial charge in [0.15, 0.2) is 0 Å². The zero-order chi connectivity index (χ0) is 13.1. The minimum Gasteiger partial charge on any atom is -0.386 e. The third kappa shape index (κ3) is 3.05. The quantitative estimate of drug-likeness (QED) is 0.944. The Morgan fingerprint density at radius 2 is 2.17 bits per heavy atom. The van der Waals surface area contributed by atoms with Gasteiger partial charge >= 0.3 is 0 Å². The van der Waals surface area contributed by atoms with Crippen LogP contribution >= 0.6 is 15.9 Å². The first-order chi connectivity index (χ1) is 8.56. The van der Waals surface area contributed by atoms with Crippen molar-refractivity contribution in [2.45, 2.75) is 19.6 Å². The molecule has 1 heterocycles. The summed E-state index contributed by atoms with van der Waals surface area (Å²) in [5, 5.41) is 14.2. The van der Waals surface area contributed by atoms with Crippen molar-refractivity contribution in [3.05, 3.63) is 62.5 Å². The van der Waals surface area contributed by atoms with E-state index in [1.54, 1.807) is 13.0 Å². The first kappa shape index (κ1) is 13.0. The molecule has 1 N–H and O–H groups in total. The van der Waals surface area contributed by atoms with E-state index in [1.165, 1.54) is 10.7 Å². The summed E-state index contributed by atoms with van der Waals surface area (Å²) in [6, 6.07) is 10.5. The van der Waals surface area contributed by atoms with E-state index in [2.05, 4.69) is 21.0 Å². The van der Waals surface area contributed by atoms with E-state index >= 15 is 0 Å². The van der Waals surface area contributed by atoms with Gasteiger partial charge in [0.25, 0.3) is 5.56 Å². The van der Waals surface area contributed by atoms with Crippen molar-refractivity contribution in [3.63, 3.8) is 0 Å². The average molecular weight is 309 g/mol. The van der Waals surface area contributed by atoms with Gasteiger partial charge in [-0.1, -0.05) is 28.1 Å². The molecule has 0 saturated heterocycles. The molecular formula is C13H13BrN2O2. The maximum Gasteiger partial charge on any atom is 0.266 e. The SMILES string of the molecule is Cc1ccc(=O)n(CC(O)c2cccc(Br)c2)n1. The van der Waals surface area contributed by atoms with Crippen molar-refractivity contribution < 1.29 is 5.11 Å². The molecule has 18 heavy (non-hydrogen) atoms. The van der Waals surface area contributed by atoms with Crippen molar-refractivity contribution in [1.82, 2.24) is 9.78 Å². The predicted octanol–water partition coefficient (Wildman–Crippen LogP) is 2.05. The highest BCUT2D eigenvalue weighted by Crippen LogP contribution is 2.18. The van der Waals surface area contributed by atoms with Crippen molar-refractivity contribution in [3.8, 4) is 0 Å². The van der Waals surface area contributed by atoms with Gasteiger partial charge in [-0.3, -0.25) is 4.79 Å². The zero-order valence-electron chi connectivity index (χ0n) is 9.88. The minimum absolute atomic E-state index is 0.150. The summed E-state index contributed by atoms with van der Waals surface area (Å²) in [7, 11) is 0. The van der Waals surface area contributed by atoms with Crippen LogP contribution in [0.3, 0.4) is 0 Å². The number of aliphatic hydroxyl groups is 1. The maximum absolute atomic E-state index is 11.6. The molecule has 0 aliphatic heterocycles. The third-order valence-corrected chi connectivity index (χ3v) is 3.07. The molecule has 1 unspecified atom stereocenters. The van der Waals surface area contributed by atoms with E-state index in [0.29, 0.717) is 0 Å². The van der Waals surface area contributed by atoms with Crippen LogP contribution in [0.4, 0.5) is 0 Å². The van der Waals surface area contributed by atoms with E-state index in [4.69, 9.17) is 0 Å². The Hall–Kier alpha value is -1.46. The molecule has 0 saturated carbocycles. The highest BCUT2D eigenvalue weighted by Gasteiger charge is 2.10. The van der Waals surface area contributed by atoms with Crippen molar-refractivity contribution in [2.75, 3.05) is 0 Å². The van der Waals surface area contributed by atoms with E-state index in [-0.39, 0.29) is 12.1 Å². The van der Waals surface area contributed by atoms with Gasteiger partial charge in [-0.2, -0.15) is 5.10 Å². The number of rotatable bonds is 3. The molecule has 0 spiro atoms. The summed E-state index contributed by atoms with van der Waals surface area (Å²) >= 11 is 3.35. The summed E-state index contributed by atoms with van der Waals surface area (Å²) < 4.78 is 2.17. The lowest BCUT2D eigenvalue weighted by Crippen LogP contribution is -2.25. The van der Waals surface area contributed by atoms with Gasteiger partial charge < -0.3 is 5.11 Å². The maximum atomic E-state index is 11.6. The van der Waals surface area contributed by atoms with Gasteiger partial charge in [-0.15, -0.1) is 0 Å². The van der Waals surface area contributed by atoms with Gasteiger partial charge in [-0.25, -0.2) is 4.68 Å². The first-order valence-corrected chi connectivity index (χ1v) is 6.34. The molecule has 0 bridgehead atoms. The van der Waals surface area contributed by atoms with E-state index in [0.717, 1.165) is 15.7 Å². The van der Waals surface area contributed by atoms with Crippen LogP contribution in [-0.2, 0) is 6.54 Å². The van der Waals surface area contributed by atoms with Crippen LogP contribution in [0.25, 0.3) is 0 Å². The van der Waals surface area contributed by atoms with Gasteiger partial charge in [0.2, 0.25) is 0 Å². The van der Waals surface area contributed by atoms with E-state index in [1.807, 2.05) is 24.3 Å². The van der Waals surface area contributed by atoms with Crippen LogP contribution in [0.2, 0.25) is 0 Å². The van der Waals surface area contributed by atoms with Gasteiger partial charge in [-0.05, 0) is 30.7 Å². The third-order valence-electron chi connectivity index (χ3n) is 2.58. The molecule has 0 amide bonds. The number of hydrogen-bond donors (Lipinski definition) is 1. The number of nitrogens with zero attached hydrogens (tertiary/aromatic N) is 2. The summed E-state index contributed by atoms with van der Waals surface area (Å²) in [6.45, 7) is 1.96. The summed E-state index contributed by atoms with van der Waals surface area (Å²) in [5.41, 5.74) is 1.28. The lowest BCUT2D eigenvalue weighted by molar-refractivity contribution is 0.149. The van der Waals surface area contributed by atoms with Gasteiger partial charge in [0, 0.05) is 10.5 Å². The second kappa shape index (κ2) is 5.46. The molecular weight excluding hydrogens is 296 g/mol. The molecule has 2 rings (SSSR count). The fraction of sp³-hybridized carbons (Fsp3) is 0.231. The Bertz CT molecular complexity index is 610. The molecule has 1 aromatic heterocycles. The molecule has 1 atom stereocenters. The topological polar surface area (TPSA) is 55.1 Å². The molecule has 0 radical (unpaired) electrons. The Morgan fingerprint density at radius 3 is 2.89 bits per heavy atom. The van der Waals surface area contributed by atoms with Crippen LogP contribution in [0, 0.1) is 6.92 Å². The minimum atomic E-state index is -0.755. The fourth-order valence-corrected chi connectivity index (χ4v) is 2.08. The Balaban J connectivity index is 2.23. The highest BCUT2D eigenvalue weighted by atomic mass is 79.9. The molecule has 0 aliphatic carbocycles. The fourth-order valence-electron chi connectivity index (χ4n) is 1.66. The lowest BCUT2D eigenvalue weighted by Gasteiger charge is -2.12. The zero-order valence-corrected chi connectivity index (χ0v) is 11.5. The average Bonchev–Trinajstić information content (AvgIpc) is 2.34. The van der Waals surface area contributed by atoms with Gasteiger partial charge in [0.1, 0.15) is 0 Å². The number of aromatic nitrogens is 2. The molecule has 94 valence electrons.